The summed E-state index contributed by atoms with van der Waals surface area (Å²) in [6.07, 6.45) is -0.462. The lowest BCUT2D eigenvalue weighted by molar-refractivity contribution is -0.138. The fourth-order valence-corrected chi connectivity index (χ4v) is 4.57. The smallest absolute Gasteiger partial charge is 0.416 e. The van der Waals surface area contributed by atoms with Crippen LogP contribution < -0.4 is 4.74 Å². The topological polar surface area (TPSA) is 72.6 Å². The normalized spacial score (nSPS) is 16.1. The number of hydrogen-bond donors (Lipinski definition) is 1. The molecule has 0 aliphatic heterocycles. The number of halogens is 3. The second kappa shape index (κ2) is 9.84. The zero-order chi connectivity index (χ0) is 26.1. The number of ether oxygens (including phenoxy) is 1. The second-order valence-corrected chi connectivity index (χ2v) is 9.58. The van der Waals surface area contributed by atoms with E-state index in [0.29, 0.717) is 30.0 Å². The van der Waals surface area contributed by atoms with Crippen LogP contribution in [0.2, 0.25) is 0 Å². The summed E-state index contributed by atoms with van der Waals surface area (Å²) in [6, 6.07) is 10.6. The summed E-state index contributed by atoms with van der Waals surface area (Å²) in [4.78, 5) is 15.6. The Bertz CT molecular complexity index is 1290. The van der Waals surface area contributed by atoms with E-state index >= 15 is 0 Å². The molecule has 3 aromatic rings. The van der Waals surface area contributed by atoms with Crippen LogP contribution >= 0.6 is 0 Å². The zero-order valence-electron chi connectivity index (χ0n) is 20.4. The molecule has 1 N–H and O–H groups in total. The number of rotatable bonds is 7. The Kier molecular flexibility index (Phi) is 6.98. The van der Waals surface area contributed by atoms with Crippen LogP contribution in [0.4, 0.5) is 13.2 Å². The highest BCUT2D eigenvalue weighted by molar-refractivity contribution is 5.79. The molecule has 0 radical (unpaired) electrons. The number of aromatic nitrogens is 1. The maximum Gasteiger partial charge on any atom is 0.416 e. The Hall–Kier alpha value is -3.55. The third-order valence-electron chi connectivity index (χ3n) is 6.58. The van der Waals surface area contributed by atoms with Gasteiger partial charge in [0.05, 0.1) is 24.3 Å². The van der Waals surface area contributed by atoms with Crippen molar-refractivity contribution in [2.75, 3.05) is 6.61 Å². The lowest BCUT2D eigenvalue weighted by atomic mass is 9.70. The van der Waals surface area contributed by atoms with Crippen LogP contribution in [0.15, 0.2) is 53.0 Å². The number of carbonyl (C=O) groups is 1. The van der Waals surface area contributed by atoms with Gasteiger partial charge in [-0.15, -0.1) is 0 Å². The lowest BCUT2D eigenvalue weighted by Crippen LogP contribution is -2.22. The Morgan fingerprint density at radius 3 is 2.58 bits per heavy atom. The molecule has 0 unspecified atom stereocenters. The molecule has 1 heterocycles. The van der Waals surface area contributed by atoms with Crippen LogP contribution in [-0.4, -0.2) is 22.7 Å². The van der Waals surface area contributed by atoms with Gasteiger partial charge in [0.15, 0.2) is 0 Å². The number of aryl methyl sites for hydroxylation is 1. The first-order chi connectivity index (χ1) is 17.0. The molecule has 0 fully saturated rings. The van der Waals surface area contributed by atoms with Gasteiger partial charge in [-0.05, 0) is 66.6 Å². The van der Waals surface area contributed by atoms with E-state index < -0.39 is 17.7 Å². The third-order valence-corrected chi connectivity index (χ3v) is 6.58. The van der Waals surface area contributed by atoms with Crippen molar-refractivity contribution in [2.24, 2.45) is 5.41 Å². The Morgan fingerprint density at radius 2 is 1.92 bits per heavy atom. The number of alkyl halides is 3. The molecule has 0 atom stereocenters. The molecule has 1 aliphatic rings. The van der Waals surface area contributed by atoms with E-state index in [2.05, 4.69) is 18.8 Å². The number of nitrogens with zero attached hydrogens (tertiary/aromatic N) is 1. The summed E-state index contributed by atoms with van der Waals surface area (Å²) in [5, 5.41) is 9.15. The first-order valence-corrected chi connectivity index (χ1v) is 11.8. The van der Waals surface area contributed by atoms with Gasteiger partial charge < -0.3 is 14.3 Å². The molecule has 0 saturated carbocycles. The molecular formula is C28H28F3NO4. The van der Waals surface area contributed by atoms with Gasteiger partial charge in [-0.1, -0.05) is 32.1 Å². The first-order valence-electron chi connectivity index (χ1n) is 11.8. The number of carboxylic acid groups (broad SMARTS) is 1. The van der Waals surface area contributed by atoms with Crippen LogP contribution in [-0.2, 0) is 23.8 Å². The summed E-state index contributed by atoms with van der Waals surface area (Å²) in [5.41, 5.74) is 3.40. The third kappa shape index (κ3) is 5.48. The molecule has 190 valence electrons. The largest absolute Gasteiger partial charge is 0.493 e. The van der Waals surface area contributed by atoms with Gasteiger partial charge in [-0.2, -0.15) is 13.2 Å². The van der Waals surface area contributed by atoms with Gasteiger partial charge in [0.25, 0.3) is 0 Å². The molecule has 1 aromatic heterocycles. The molecule has 0 amide bonds. The average molecular weight is 500 g/mol. The van der Waals surface area contributed by atoms with Crippen molar-refractivity contribution >= 4 is 11.5 Å². The van der Waals surface area contributed by atoms with Gasteiger partial charge >= 0.3 is 12.1 Å². The van der Waals surface area contributed by atoms with E-state index in [1.54, 1.807) is 13.0 Å². The minimum absolute atomic E-state index is 0.0318. The summed E-state index contributed by atoms with van der Waals surface area (Å²) in [7, 11) is 0. The molecule has 2 aromatic carbocycles. The maximum atomic E-state index is 12.8. The van der Waals surface area contributed by atoms with Crippen molar-refractivity contribution in [1.82, 2.24) is 4.98 Å². The van der Waals surface area contributed by atoms with Crippen molar-refractivity contribution in [3.05, 3.63) is 76.7 Å². The molecule has 1 aliphatic carbocycles. The van der Waals surface area contributed by atoms with Crippen molar-refractivity contribution in [3.63, 3.8) is 0 Å². The molecule has 0 saturated heterocycles. The molecule has 0 spiro atoms. The fraction of sp³-hybridized carbons (Fsp3) is 0.357. The first kappa shape index (κ1) is 25.5. The molecular weight excluding hydrogens is 471 g/mol. The van der Waals surface area contributed by atoms with Crippen LogP contribution in [0.5, 0.6) is 5.75 Å². The molecule has 4 rings (SSSR count). The van der Waals surface area contributed by atoms with Crippen LogP contribution in [0.3, 0.4) is 0 Å². The minimum Gasteiger partial charge on any atom is -0.493 e. The molecule has 5 nitrogen and oxygen atoms in total. The summed E-state index contributed by atoms with van der Waals surface area (Å²) in [6.45, 7) is 6.35. The van der Waals surface area contributed by atoms with E-state index in [0.717, 1.165) is 47.4 Å². The van der Waals surface area contributed by atoms with Crippen LogP contribution in [0, 0.1) is 12.3 Å². The Balaban J connectivity index is 1.48. The number of aliphatic carboxylic acids is 1. The molecule has 0 bridgehead atoms. The Morgan fingerprint density at radius 1 is 1.19 bits per heavy atom. The summed E-state index contributed by atoms with van der Waals surface area (Å²) in [5.74, 6) is 0.748. The quantitative estimate of drug-likeness (QED) is 0.375. The van der Waals surface area contributed by atoms with E-state index in [-0.39, 0.29) is 17.7 Å². The van der Waals surface area contributed by atoms with Crippen LogP contribution in [0.1, 0.15) is 54.8 Å². The number of allylic oxidation sites excluding steroid dienone is 1. The van der Waals surface area contributed by atoms with Gasteiger partial charge in [0.1, 0.15) is 11.5 Å². The van der Waals surface area contributed by atoms with Crippen molar-refractivity contribution in [1.29, 1.82) is 0 Å². The number of fused-ring (bicyclic) bond motifs is 1. The van der Waals surface area contributed by atoms with Gasteiger partial charge in [-0.25, -0.2) is 4.98 Å². The predicted octanol–water partition coefficient (Wildman–Crippen LogP) is 7.12. The maximum absolute atomic E-state index is 12.8. The minimum atomic E-state index is -4.40. The standard InChI is InChI=1S/C28H28F3NO4/c1-17-23(32-26(36-17)18-7-9-19(10-8-18)28(29,30)31)14-16-35-24-6-4-5-20-21(24)13-15-27(2,3)22(20)11-12-25(33)34/h4-11H,12-16H2,1-3H3,(H,33,34)/b22-11+. The lowest BCUT2D eigenvalue weighted by Gasteiger charge is -2.35. The van der Waals surface area contributed by atoms with E-state index in [9.17, 15) is 18.0 Å². The van der Waals surface area contributed by atoms with Gasteiger partial charge in [0, 0.05) is 17.5 Å². The monoisotopic (exact) mass is 499 g/mol. The van der Waals surface area contributed by atoms with E-state index in [1.165, 1.54) is 12.1 Å². The van der Waals surface area contributed by atoms with Crippen molar-refractivity contribution in [2.45, 2.75) is 52.6 Å². The number of carboxylic acids is 1. The SMILES string of the molecule is Cc1oc(-c2ccc(C(F)(F)F)cc2)nc1CCOc1cccc2c1CCC(C)(C)/C2=C/CC(=O)O. The van der Waals surface area contributed by atoms with Crippen molar-refractivity contribution in [3.8, 4) is 17.2 Å². The highest BCUT2D eigenvalue weighted by atomic mass is 19.4. The molecule has 8 heteroatoms. The van der Waals surface area contributed by atoms with Crippen molar-refractivity contribution < 1.29 is 32.2 Å². The number of hydrogen-bond acceptors (Lipinski definition) is 4. The number of oxazole rings is 1. The Labute approximate surface area is 207 Å². The highest BCUT2D eigenvalue weighted by Crippen LogP contribution is 2.47. The van der Waals surface area contributed by atoms with Gasteiger partial charge in [-0.3, -0.25) is 4.79 Å². The predicted molar refractivity (Wildman–Crippen MR) is 130 cm³/mol. The zero-order valence-corrected chi connectivity index (χ0v) is 20.4. The van der Waals surface area contributed by atoms with E-state index in [1.807, 2.05) is 18.2 Å². The average Bonchev–Trinajstić information content (AvgIpc) is 3.18. The van der Waals surface area contributed by atoms with Crippen LogP contribution in [0.25, 0.3) is 17.0 Å². The van der Waals surface area contributed by atoms with Gasteiger partial charge in [0.2, 0.25) is 5.89 Å². The highest BCUT2D eigenvalue weighted by Gasteiger charge is 2.32. The summed E-state index contributed by atoms with van der Waals surface area (Å²) >= 11 is 0. The van der Waals surface area contributed by atoms with E-state index in [4.69, 9.17) is 14.3 Å². The number of benzene rings is 2. The fourth-order valence-electron chi connectivity index (χ4n) is 4.57. The molecule has 36 heavy (non-hydrogen) atoms. The summed E-state index contributed by atoms with van der Waals surface area (Å²) < 4.78 is 50.3. The second-order valence-electron chi connectivity index (χ2n) is 9.58.